The van der Waals surface area contributed by atoms with Gasteiger partial charge in [0.25, 0.3) is 0 Å². The number of benzene rings is 2. The first-order valence-electron chi connectivity index (χ1n) is 10.3. The maximum absolute atomic E-state index is 9.77. The molecule has 1 aliphatic rings. The fourth-order valence-corrected chi connectivity index (χ4v) is 3.90. The van der Waals surface area contributed by atoms with Crippen LogP contribution < -0.4 is 10.6 Å². The van der Waals surface area contributed by atoms with E-state index in [9.17, 15) is 5.11 Å². The topological polar surface area (TPSA) is 70.1 Å². The molecule has 4 rings (SSSR count). The van der Waals surface area contributed by atoms with E-state index in [0.717, 1.165) is 53.4 Å². The second kappa shape index (κ2) is 8.62. The Bertz CT molecular complexity index is 996. The lowest BCUT2D eigenvalue weighted by molar-refractivity contribution is 0.393. The number of phenolic OH excluding ortho intramolecular Hbond substituents is 1. The molecule has 0 bridgehead atoms. The van der Waals surface area contributed by atoms with Gasteiger partial charge in [0, 0.05) is 23.4 Å². The van der Waals surface area contributed by atoms with Crippen molar-refractivity contribution in [3.8, 4) is 28.3 Å². The summed E-state index contributed by atoms with van der Waals surface area (Å²) < 4.78 is 0. The molecule has 5 nitrogen and oxygen atoms in total. The first-order chi connectivity index (χ1) is 14.1. The third kappa shape index (κ3) is 4.57. The van der Waals surface area contributed by atoms with E-state index in [1.54, 1.807) is 12.4 Å². The van der Waals surface area contributed by atoms with Gasteiger partial charge in [-0.3, -0.25) is 0 Å². The monoisotopic (exact) mass is 388 g/mol. The minimum Gasteiger partial charge on any atom is -0.508 e. The largest absolute Gasteiger partial charge is 0.508 e. The lowest BCUT2D eigenvalue weighted by Crippen LogP contribution is -2.33. The number of aryl methyl sites for hydroxylation is 2. The third-order valence-electron chi connectivity index (χ3n) is 5.66. The van der Waals surface area contributed by atoms with Crippen LogP contribution in [-0.4, -0.2) is 34.7 Å². The molecule has 2 heterocycles. The molecule has 0 radical (unpaired) electrons. The Morgan fingerprint density at radius 3 is 2.66 bits per heavy atom. The van der Waals surface area contributed by atoms with Gasteiger partial charge >= 0.3 is 0 Å². The Balaban J connectivity index is 1.52. The lowest BCUT2D eigenvalue weighted by atomic mass is 9.99. The summed E-state index contributed by atoms with van der Waals surface area (Å²) in [5.74, 6) is 0.993. The number of aromatic nitrogens is 2. The summed E-state index contributed by atoms with van der Waals surface area (Å²) in [6.45, 7) is 7.26. The molecular formula is C24H28N4O. The van der Waals surface area contributed by atoms with Crippen LogP contribution in [0.25, 0.3) is 22.5 Å². The Kier molecular flexibility index (Phi) is 5.76. The van der Waals surface area contributed by atoms with Crippen molar-refractivity contribution in [3.63, 3.8) is 0 Å². The van der Waals surface area contributed by atoms with Crippen LogP contribution in [0.3, 0.4) is 0 Å². The van der Waals surface area contributed by atoms with Gasteiger partial charge in [-0.25, -0.2) is 9.97 Å². The molecule has 2 aromatic carbocycles. The van der Waals surface area contributed by atoms with Crippen molar-refractivity contribution >= 4 is 5.69 Å². The van der Waals surface area contributed by atoms with Crippen molar-refractivity contribution in [2.75, 3.05) is 25.0 Å². The molecule has 1 saturated heterocycles. The first-order valence-corrected chi connectivity index (χ1v) is 10.3. The number of anilines is 1. The van der Waals surface area contributed by atoms with Gasteiger partial charge in [0.1, 0.15) is 12.1 Å². The number of nitrogens with one attached hydrogen (secondary N) is 2. The smallest absolute Gasteiger partial charge is 0.118 e. The van der Waals surface area contributed by atoms with Crippen LogP contribution in [0.2, 0.25) is 0 Å². The van der Waals surface area contributed by atoms with Crippen molar-refractivity contribution < 1.29 is 5.11 Å². The minimum atomic E-state index is 0.297. The van der Waals surface area contributed by atoms with Crippen molar-refractivity contribution in [2.24, 2.45) is 5.92 Å². The second-order valence-electron chi connectivity index (χ2n) is 7.91. The molecule has 150 valence electrons. The number of nitrogens with zero attached hydrogens (tertiary/aromatic N) is 2. The Labute approximate surface area is 172 Å². The molecule has 1 aliphatic heterocycles. The zero-order valence-electron chi connectivity index (χ0n) is 17.1. The van der Waals surface area contributed by atoms with Crippen molar-refractivity contribution in [3.05, 3.63) is 59.9 Å². The van der Waals surface area contributed by atoms with Crippen molar-refractivity contribution in [1.29, 1.82) is 0 Å². The molecular weight excluding hydrogens is 360 g/mol. The third-order valence-corrected chi connectivity index (χ3v) is 5.66. The van der Waals surface area contributed by atoms with Crippen molar-refractivity contribution in [1.82, 2.24) is 15.3 Å². The van der Waals surface area contributed by atoms with E-state index in [-0.39, 0.29) is 0 Å². The summed E-state index contributed by atoms with van der Waals surface area (Å²) in [7, 11) is 0. The summed E-state index contributed by atoms with van der Waals surface area (Å²) in [6, 6.07) is 14.0. The van der Waals surface area contributed by atoms with Gasteiger partial charge in [-0.05, 0) is 93.2 Å². The molecule has 1 aromatic heterocycles. The molecule has 1 atom stereocenters. The van der Waals surface area contributed by atoms with Gasteiger partial charge in [0.15, 0.2) is 0 Å². The first kappa shape index (κ1) is 19.4. The normalized spacial score (nSPS) is 16.6. The number of phenols is 1. The average molecular weight is 389 g/mol. The van der Waals surface area contributed by atoms with E-state index in [0.29, 0.717) is 11.7 Å². The quantitative estimate of drug-likeness (QED) is 0.598. The molecule has 0 amide bonds. The lowest BCUT2D eigenvalue weighted by Gasteiger charge is -2.23. The summed E-state index contributed by atoms with van der Waals surface area (Å²) in [6.07, 6.45) is 4.16. The zero-order valence-corrected chi connectivity index (χ0v) is 17.1. The molecule has 1 fully saturated rings. The summed E-state index contributed by atoms with van der Waals surface area (Å²) in [5, 5.41) is 16.8. The highest BCUT2D eigenvalue weighted by molar-refractivity contribution is 5.72. The number of rotatable bonds is 5. The SMILES string of the molecule is Cc1cc(-c2cc(-c3ccc(NCC4CCCNC4)cc3C)ncn2)ccc1O. The number of hydrogen-bond acceptors (Lipinski definition) is 5. The van der Waals surface area contributed by atoms with Gasteiger partial charge < -0.3 is 15.7 Å². The summed E-state index contributed by atoms with van der Waals surface area (Å²) in [4.78, 5) is 8.92. The molecule has 3 N–H and O–H groups in total. The molecule has 29 heavy (non-hydrogen) atoms. The summed E-state index contributed by atoms with van der Waals surface area (Å²) in [5.41, 5.74) is 7.01. The Hall–Kier alpha value is -2.92. The van der Waals surface area contributed by atoms with E-state index in [1.807, 2.05) is 25.1 Å². The van der Waals surface area contributed by atoms with Crippen LogP contribution >= 0.6 is 0 Å². The van der Waals surface area contributed by atoms with E-state index in [2.05, 4.69) is 45.7 Å². The highest BCUT2D eigenvalue weighted by Gasteiger charge is 2.13. The highest BCUT2D eigenvalue weighted by Crippen LogP contribution is 2.29. The van der Waals surface area contributed by atoms with Crippen LogP contribution in [0.1, 0.15) is 24.0 Å². The van der Waals surface area contributed by atoms with Gasteiger partial charge in [-0.2, -0.15) is 0 Å². The van der Waals surface area contributed by atoms with Crippen molar-refractivity contribution in [2.45, 2.75) is 26.7 Å². The molecule has 3 aromatic rings. The van der Waals surface area contributed by atoms with E-state index in [4.69, 9.17) is 0 Å². The fraction of sp³-hybridized carbons (Fsp3) is 0.333. The van der Waals surface area contributed by atoms with Crippen LogP contribution in [0.4, 0.5) is 5.69 Å². The number of aromatic hydroxyl groups is 1. The highest BCUT2D eigenvalue weighted by atomic mass is 16.3. The minimum absolute atomic E-state index is 0.297. The molecule has 1 unspecified atom stereocenters. The van der Waals surface area contributed by atoms with Crippen LogP contribution in [0.15, 0.2) is 48.8 Å². The van der Waals surface area contributed by atoms with Gasteiger partial charge in [0.2, 0.25) is 0 Å². The van der Waals surface area contributed by atoms with Gasteiger partial charge in [0.05, 0.1) is 11.4 Å². The zero-order chi connectivity index (χ0) is 20.2. The predicted molar refractivity (Wildman–Crippen MR) is 118 cm³/mol. The maximum Gasteiger partial charge on any atom is 0.118 e. The Morgan fingerprint density at radius 2 is 1.90 bits per heavy atom. The molecule has 5 heteroatoms. The van der Waals surface area contributed by atoms with E-state index < -0.39 is 0 Å². The Morgan fingerprint density at radius 1 is 1.03 bits per heavy atom. The second-order valence-corrected chi connectivity index (χ2v) is 7.91. The van der Waals surface area contributed by atoms with E-state index in [1.165, 1.54) is 18.4 Å². The number of hydrogen-bond donors (Lipinski definition) is 3. The molecule has 0 saturated carbocycles. The fourth-order valence-electron chi connectivity index (χ4n) is 3.90. The van der Waals surface area contributed by atoms with Gasteiger partial charge in [-0.15, -0.1) is 0 Å². The average Bonchev–Trinajstić information content (AvgIpc) is 2.75. The van der Waals surface area contributed by atoms with Crippen LogP contribution in [-0.2, 0) is 0 Å². The molecule has 0 spiro atoms. The summed E-state index contributed by atoms with van der Waals surface area (Å²) >= 11 is 0. The van der Waals surface area contributed by atoms with Crippen LogP contribution in [0, 0.1) is 19.8 Å². The predicted octanol–water partition coefficient (Wildman–Crippen LogP) is 4.54. The number of piperidine rings is 1. The maximum atomic E-state index is 9.77. The van der Waals surface area contributed by atoms with Gasteiger partial charge in [-0.1, -0.05) is 6.07 Å². The van der Waals surface area contributed by atoms with E-state index >= 15 is 0 Å². The standard InChI is InChI=1S/C24H28N4O/c1-16-11-20(26-14-18-4-3-9-25-13-18)6-7-21(16)23-12-22(27-15-28-23)19-5-8-24(29)17(2)10-19/h5-8,10-12,15,18,25-26,29H,3-4,9,13-14H2,1-2H3. The molecule has 0 aliphatic carbocycles. The van der Waals surface area contributed by atoms with Crippen LogP contribution in [0.5, 0.6) is 5.75 Å².